The molecule has 2 aliphatic rings. The average molecular weight is 558 g/mol. The quantitative estimate of drug-likeness (QED) is 0.512. The number of piperazine rings is 1. The number of carbonyl (C=O) groups is 2. The molecule has 2 heterocycles. The number of alkyl halides is 6. The molecule has 212 valence electrons. The standard InChI is InChI=1S/C27H29F6N3O3/c1-15-6-4-5-7-21(15)23-22-12-18(14-37)24(38)35(22)8-9-36(23)25(39)34(3)16(2)17-10-19(26(28,29)30)13-20(11-17)27(31,32)33/h4-7,10-11,13,16,18,22-23,37H,8-9,12,14H2,1-3H3/t16-,18?,22?,23?/m1/s1. The Bertz CT molecular complexity index is 1220. The van der Waals surface area contributed by atoms with Crippen LogP contribution in [0.25, 0.3) is 0 Å². The number of carbonyl (C=O) groups excluding carboxylic acids is 2. The second-order valence-electron chi connectivity index (χ2n) is 10.1. The number of hydrogen-bond donors (Lipinski definition) is 1. The minimum atomic E-state index is -5.01. The molecular formula is C27H29F6N3O3. The highest BCUT2D eigenvalue weighted by Gasteiger charge is 2.50. The van der Waals surface area contributed by atoms with Crippen LogP contribution in [0, 0.1) is 12.8 Å². The molecule has 1 N–H and O–H groups in total. The maximum absolute atomic E-state index is 13.8. The number of aliphatic hydroxyl groups is 1. The second-order valence-corrected chi connectivity index (χ2v) is 10.1. The predicted octanol–water partition coefficient (Wildman–Crippen LogP) is 5.41. The maximum Gasteiger partial charge on any atom is 0.416 e. The number of urea groups is 1. The number of aryl methyl sites for hydroxylation is 1. The molecule has 0 radical (unpaired) electrons. The lowest BCUT2D eigenvalue weighted by molar-refractivity contribution is -0.143. The van der Waals surface area contributed by atoms with E-state index in [1.54, 1.807) is 11.0 Å². The summed E-state index contributed by atoms with van der Waals surface area (Å²) in [5, 5.41) is 9.72. The summed E-state index contributed by atoms with van der Waals surface area (Å²) in [4.78, 5) is 31.0. The second kappa shape index (κ2) is 10.4. The van der Waals surface area contributed by atoms with E-state index in [0.717, 1.165) is 16.0 Å². The Kier molecular flexibility index (Phi) is 7.63. The summed E-state index contributed by atoms with van der Waals surface area (Å²) in [6.45, 7) is 3.18. The van der Waals surface area contributed by atoms with Crippen molar-refractivity contribution < 1.29 is 41.0 Å². The number of hydrogen-bond acceptors (Lipinski definition) is 3. The zero-order valence-corrected chi connectivity index (χ0v) is 21.6. The lowest BCUT2D eigenvalue weighted by atomic mass is 9.89. The summed E-state index contributed by atoms with van der Waals surface area (Å²) in [6, 6.07) is 5.81. The number of amides is 3. The van der Waals surface area contributed by atoms with Gasteiger partial charge in [0, 0.05) is 20.1 Å². The van der Waals surface area contributed by atoms with Gasteiger partial charge in [-0.1, -0.05) is 24.3 Å². The molecule has 0 bridgehead atoms. The van der Waals surface area contributed by atoms with Gasteiger partial charge in [0.05, 0.1) is 41.8 Å². The number of nitrogens with zero attached hydrogens (tertiary/aromatic N) is 3. The number of benzene rings is 2. The van der Waals surface area contributed by atoms with Crippen LogP contribution in [0.15, 0.2) is 42.5 Å². The molecule has 6 nitrogen and oxygen atoms in total. The molecule has 0 aliphatic carbocycles. The molecule has 0 spiro atoms. The molecule has 12 heteroatoms. The third kappa shape index (κ3) is 5.43. The van der Waals surface area contributed by atoms with Crippen LogP contribution < -0.4 is 0 Å². The van der Waals surface area contributed by atoms with Crippen LogP contribution >= 0.6 is 0 Å². The molecular weight excluding hydrogens is 528 g/mol. The highest BCUT2D eigenvalue weighted by Crippen LogP contribution is 2.42. The molecule has 0 saturated carbocycles. The largest absolute Gasteiger partial charge is 0.416 e. The van der Waals surface area contributed by atoms with Crippen LogP contribution in [0.3, 0.4) is 0 Å². The van der Waals surface area contributed by atoms with E-state index in [2.05, 4.69) is 0 Å². The van der Waals surface area contributed by atoms with Gasteiger partial charge in [0.2, 0.25) is 5.91 Å². The third-order valence-corrected chi connectivity index (χ3v) is 7.79. The first-order valence-electron chi connectivity index (χ1n) is 12.4. The van der Waals surface area contributed by atoms with Gasteiger partial charge in [0.15, 0.2) is 0 Å². The van der Waals surface area contributed by atoms with E-state index in [0.29, 0.717) is 18.6 Å². The fraction of sp³-hybridized carbons (Fsp3) is 0.481. The van der Waals surface area contributed by atoms with Crippen molar-refractivity contribution in [1.29, 1.82) is 0 Å². The van der Waals surface area contributed by atoms with E-state index >= 15 is 0 Å². The Balaban J connectivity index is 1.71. The molecule has 3 unspecified atom stereocenters. The lowest BCUT2D eigenvalue weighted by Crippen LogP contribution is -2.57. The monoisotopic (exact) mass is 557 g/mol. The smallest absolute Gasteiger partial charge is 0.396 e. The number of rotatable bonds is 4. The van der Waals surface area contributed by atoms with Crippen molar-refractivity contribution in [2.75, 3.05) is 26.7 Å². The van der Waals surface area contributed by atoms with Gasteiger partial charge >= 0.3 is 18.4 Å². The van der Waals surface area contributed by atoms with E-state index in [1.165, 1.54) is 18.9 Å². The SMILES string of the molecule is Cc1ccccc1C1C2CC(CO)C(=O)N2CCN1C(=O)N(C)[C@H](C)c1cc(C(F)(F)F)cc(C(F)(F)F)c1. The van der Waals surface area contributed by atoms with Crippen molar-refractivity contribution in [2.45, 2.75) is 50.7 Å². The first-order chi connectivity index (χ1) is 18.1. The topological polar surface area (TPSA) is 64.1 Å². The molecule has 3 amide bonds. The molecule has 4 atom stereocenters. The number of fused-ring (bicyclic) bond motifs is 1. The Morgan fingerprint density at radius 3 is 2.18 bits per heavy atom. The van der Waals surface area contributed by atoms with Crippen LogP contribution in [-0.4, -0.2) is 64.5 Å². The minimum Gasteiger partial charge on any atom is -0.396 e. The first kappa shape index (κ1) is 28.7. The highest BCUT2D eigenvalue weighted by atomic mass is 19.4. The molecule has 2 saturated heterocycles. The van der Waals surface area contributed by atoms with Crippen molar-refractivity contribution >= 4 is 11.9 Å². The van der Waals surface area contributed by atoms with Crippen molar-refractivity contribution in [3.63, 3.8) is 0 Å². The third-order valence-electron chi connectivity index (χ3n) is 7.79. The van der Waals surface area contributed by atoms with Gasteiger partial charge < -0.3 is 19.8 Å². The van der Waals surface area contributed by atoms with E-state index in [4.69, 9.17) is 0 Å². The minimum absolute atomic E-state index is 0.0557. The summed E-state index contributed by atoms with van der Waals surface area (Å²) in [5.74, 6) is -0.822. The molecule has 0 aromatic heterocycles. The first-order valence-corrected chi connectivity index (χ1v) is 12.4. The maximum atomic E-state index is 13.8. The van der Waals surface area contributed by atoms with Gasteiger partial charge in [0.25, 0.3) is 0 Å². The van der Waals surface area contributed by atoms with Gasteiger partial charge in [0.1, 0.15) is 0 Å². The van der Waals surface area contributed by atoms with E-state index in [-0.39, 0.29) is 37.2 Å². The van der Waals surface area contributed by atoms with Crippen molar-refractivity contribution in [2.24, 2.45) is 5.92 Å². The predicted molar refractivity (Wildman–Crippen MR) is 129 cm³/mol. The van der Waals surface area contributed by atoms with Crippen molar-refractivity contribution in [3.8, 4) is 0 Å². The van der Waals surface area contributed by atoms with E-state index < -0.39 is 53.6 Å². The van der Waals surface area contributed by atoms with Crippen molar-refractivity contribution in [1.82, 2.24) is 14.7 Å². The Morgan fingerprint density at radius 1 is 1.05 bits per heavy atom. The zero-order valence-electron chi connectivity index (χ0n) is 21.6. The van der Waals surface area contributed by atoms with Crippen molar-refractivity contribution in [3.05, 3.63) is 70.3 Å². The van der Waals surface area contributed by atoms with Gasteiger partial charge in [-0.2, -0.15) is 26.3 Å². The summed E-state index contributed by atoms with van der Waals surface area (Å²) < 4.78 is 80.6. The van der Waals surface area contributed by atoms with Crippen LogP contribution in [0.5, 0.6) is 0 Å². The van der Waals surface area contributed by atoms with Gasteiger partial charge in [-0.15, -0.1) is 0 Å². The average Bonchev–Trinajstić information content (AvgIpc) is 3.21. The van der Waals surface area contributed by atoms with Gasteiger partial charge in [-0.05, 0) is 55.2 Å². The van der Waals surface area contributed by atoms with Crippen LogP contribution in [-0.2, 0) is 17.1 Å². The Hall–Kier alpha value is -3.28. The normalized spacial score (nSPS) is 22.6. The van der Waals surface area contributed by atoms with Crippen LogP contribution in [0.4, 0.5) is 31.1 Å². The van der Waals surface area contributed by atoms with E-state index in [1.807, 2.05) is 25.1 Å². The lowest BCUT2D eigenvalue weighted by Gasteiger charge is -2.47. The summed E-state index contributed by atoms with van der Waals surface area (Å²) >= 11 is 0. The molecule has 2 fully saturated rings. The van der Waals surface area contributed by atoms with Gasteiger partial charge in [-0.3, -0.25) is 4.79 Å². The van der Waals surface area contributed by atoms with Gasteiger partial charge in [-0.25, -0.2) is 4.79 Å². The molecule has 4 rings (SSSR count). The summed E-state index contributed by atoms with van der Waals surface area (Å²) in [5.41, 5.74) is -1.59. The summed E-state index contributed by atoms with van der Waals surface area (Å²) in [7, 11) is 1.33. The highest BCUT2D eigenvalue weighted by molar-refractivity contribution is 5.83. The summed E-state index contributed by atoms with van der Waals surface area (Å²) in [6.07, 6.45) is -9.72. The molecule has 2 aromatic carbocycles. The fourth-order valence-corrected chi connectivity index (χ4v) is 5.53. The molecule has 2 aromatic rings. The zero-order chi connectivity index (χ0) is 28.9. The number of aliphatic hydroxyl groups excluding tert-OH is 1. The van der Waals surface area contributed by atoms with E-state index in [9.17, 15) is 41.0 Å². The molecule has 39 heavy (non-hydrogen) atoms. The number of halogens is 6. The Morgan fingerprint density at radius 2 is 1.64 bits per heavy atom. The van der Waals surface area contributed by atoms with Crippen LogP contribution in [0.2, 0.25) is 0 Å². The Labute approximate surface area is 221 Å². The molecule has 2 aliphatic heterocycles. The fourth-order valence-electron chi connectivity index (χ4n) is 5.53. The van der Waals surface area contributed by atoms with Crippen LogP contribution in [0.1, 0.15) is 53.2 Å².